The number of carbonyl (C=O) groups is 1. The van der Waals surface area contributed by atoms with E-state index >= 15 is 0 Å². The van der Waals surface area contributed by atoms with E-state index in [9.17, 15) is 4.79 Å². The van der Waals surface area contributed by atoms with Gasteiger partial charge in [-0.2, -0.15) is 4.37 Å². The molecule has 0 spiro atoms. The summed E-state index contributed by atoms with van der Waals surface area (Å²) in [5, 5.41) is 3.54. The number of hydrogen-bond donors (Lipinski definition) is 2. The van der Waals surface area contributed by atoms with Gasteiger partial charge in [-0.25, -0.2) is 4.98 Å². The maximum absolute atomic E-state index is 13.0. The van der Waals surface area contributed by atoms with E-state index in [-0.39, 0.29) is 23.7 Å². The molecule has 5 rings (SSSR count). The highest BCUT2D eigenvalue weighted by molar-refractivity contribution is 7.08. The minimum Gasteiger partial charge on any atom is -0.454 e. The van der Waals surface area contributed by atoms with Gasteiger partial charge >= 0.3 is 0 Å². The van der Waals surface area contributed by atoms with Crippen LogP contribution in [-0.2, 0) is 0 Å². The van der Waals surface area contributed by atoms with Crippen molar-refractivity contribution in [1.29, 1.82) is 0 Å². The molecule has 2 aliphatic rings. The van der Waals surface area contributed by atoms with Crippen molar-refractivity contribution in [2.75, 3.05) is 30.1 Å². The van der Waals surface area contributed by atoms with E-state index in [0.717, 1.165) is 36.7 Å². The number of carbonyl (C=O) groups excluding carboxylic acids is 1. The van der Waals surface area contributed by atoms with Crippen LogP contribution in [0.4, 0.5) is 11.4 Å². The minimum atomic E-state index is -0.377. The van der Waals surface area contributed by atoms with E-state index in [2.05, 4.69) is 31.5 Å². The van der Waals surface area contributed by atoms with Gasteiger partial charge in [-0.3, -0.25) is 9.78 Å². The number of nitrogens with one attached hydrogen (secondary N) is 1. The van der Waals surface area contributed by atoms with Crippen LogP contribution in [0.2, 0.25) is 5.02 Å². The summed E-state index contributed by atoms with van der Waals surface area (Å²) < 4.78 is 15.3. The fourth-order valence-electron chi connectivity index (χ4n) is 4.11. The van der Waals surface area contributed by atoms with E-state index in [1.807, 2.05) is 6.07 Å². The molecular formula is C21H21ClN6O3S. The standard InChI is InChI=1S/C21H21ClN6O3S/c1-11-6-12(23)9-28(8-11)15-4-5-24-7-14(15)25-20(29)21-26-19(27-32-21)17-13(22)2-3-16-18(17)31-10-30-16/h2-5,7,11-12H,6,8-10,23H2,1H3,(H,25,29)/t11-,12+/m1/s1. The number of rotatable bonds is 4. The van der Waals surface area contributed by atoms with E-state index < -0.39 is 0 Å². The average molecular weight is 473 g/mol. The first-order valence-electron chi connectivity index (χ1n) is 10.2. The second kappa shape index (κ2) is 8.53. The van der Waals surface area contributed by atoms with E-state index in [1.165, 1.54) is 0 Å². The van der Waals surface area contributed by atoms with Gasteiger partial charge < -0.3 is 25.4 Å². The number of nitrogens with two attached hydrogens (primary N) is 1. The van der Waals surface area contributed by atoms with E-state index in [1.54, 1.807) is 24.5 Å². The third-order valence-corrected chi connectivity index (χ3v) is 6.44. The van der Waals surface area contributed by atoms with E-state index in [0.29, 0.717) is 39.5 Å². The number of piperidine rings is 1. The molecule has 2 atom stereocenters. The molecule has 3 N–H and O–H groups in total. The number of nitrogens with zero attached hydrogens (tertiary/aromatic N) is 4. The summed E-state index contributed by atoms with van der Waals surface area (Å²) in [6, 6.07) is 5.39. The second-order valence-electron chi connectivity index (χ2n) is 7.93. The fourth-order valence-corrected chi connectivity index (χ4v) is 4.90. The molecule has 0 unspecified atom stereocenters. The lowest BCUT2D eigenvalue weighted by Crippen LogP contribution is -2.46. The highest BCUT2D eigenvalue weighted by atomic mass is 35.5. The van der Waals surface area contributed by atoms with Gasteiger partial charge in [0.25, 0.3) is 5.91 Å². The first-order chi connectivity index (χ1) is 15.5. The van der Waals surface area contributed by atoms with Crippen LogP contribution >= 0.6 is 23.1 Å². The lowest BCUT2D eigenvalue weighted by Gasteiger charge is -2.37. The minimum absolute atomic E-state index is 0.0877. The zero-order valence-electron chi connectivity index (χ0n) is 17.2. The van der Waals surface area contributed by atoms with Gasteiger partial charge in [-0.05, 0) is 42.1 Å². The Kier molecular flexibility index (Phi) is 5.58. The molecule has 32 heavy (non-hydrogen) atoms. The van der Waals surface area contributed by atoms with Crippen molar-refractivity contribution in [2.45, 2.75) is 19.4 Å². The van der Waals surface area contributed by atoms with Crippen LogP contribution in [0.25, 0.3) is 11.4 Å². The Labute approximate surface area is 193 Å². The van der Waals surface area contributed by atoms with Crippen LogP contribution in [0.1, 0.15) is 23.1 Å². The number of pyridine rings is 1. The Balaban J connectivity index is 1.39. The maximum Gasteiger partial charge on any atom is 0.286 e. The molecule has 0 radical (unpaired) electrons. The molecule has 4 heterocycles. The zero-order valence-corrected chi connectivity index (χ0v) is 18.8. The van der Waals surface area contributed by atoms with Crippen LogP contribution in [0.15, 0.2) is 30.6 Å². The summed E-state index contributed by atoms with van der Waals surface area (Å²) in [6.45, 7) is 3.86. The topological polar surface area (TPSA) is 115 Å². The van der Waals surface area contributed by atoms with Crippen molar-refractivity contribution in [3.05, 3.63) is 40.6 Å². The average Bonchev–Trinajstić information content (AvgIpc) is 3.43. The fraction of sp³-hybridized carbons (Fsp3) is 0.333. The Bertz CT molecular complexity index is 1160. The van der Waals surface area contributed by atoms with Gasteiger partial charge in [-0.1, -0.05) is 18.5 Å². The smallest absolute Gasteiger partial charge is 0.286 e. The molecule has 0 bridgehead atoms. The van der Waals surface area contributed by atoms with Crippen LogP contribution in [0.5, 0.6) is 11.5 Å². The molecule has 2 aromatic heterocycles. The van der Waals surface area contributed by atoms with Gasteiger partial charge in [0.15, 0.2) is 17.3 Å². The molecule has 9 nitrogen and oxygen atoms in total. The summed E-state index contributed by atoms with van der Waals surface area (Å²) >= 11 is 7.34. The maximum atomic E-state index is 13.0. The van der Waals surface area contributed by atoms with Crippen molar-refractivity contribution in [3.63, 3.8) is 0 Å². The summed E-state index contributed by atoms with van der Waals surface area (Å²) in [4.78, 5) is 23.7. The molecular weight excluding hydrogens is 452 g/mol. The summed E-state index contributed by atoms with van der Waals surface area (Å²) in [5.41, 5.74) is 8.21. The number of hydrogen-bond acceptors (Lipinski definition) is 9. The third kappa shape index (κ3) is 3.96. The SMILES string of the molecule is C[C@@H]1C[C@H](N)CN(c2ccncc2NC(=O)c2nc(-c3c(Cl)ccc4c3OCO4)ns2)C1. The normalized spacial score (nSPS) is 19.8. The molecule has 0 saturated carbocycles. The van der Waals surface area contributed by atoms with Gasteiger partial charge in [0.05, 0.1) is 28.2 Å². The molecule has 1 saturated heterocycles. The van der Waals surface area contributed by atoms with Crippen LogP contribution in [0.3, 0.4) is 0 Å². The molecule has 1 aromatic carbocycles. The quantitative estimate of drug-likeness (QED) is 0.593. The van der Waals surface area contributed by atoms with Gasteiger partial charge in [0, 0.05) is 25.3 Å². The molecule has 1 amide bonds. The number of halogens is 1. The van der Waals surface area contributed by atoms with Crippen molar-refractivity contribution in [1.82, 2.24) is 14.3 Å². The molecule has 3 aromatic rings. The monoisotopic (exact) mass is 472 g/mol. The first kappa shape index (κ1) is 20.9. The Morgan fingerprint density at radius 1 is 1.31 bits per heavy atom. The molecule has 1 fully saturated rings. The van der Waals surface area contributed by atoms with Crippen LogP contribution < -0.4 is 25.4 Å². The predicted octanol–water partition coefficient (Wildman–Crippen LogP) is 3.41. The highest BCUT2D eigenvalue weighted by Gasteiger charge is 2.27. The summed E-state index contributed by atoms with van der Waals surface area (Å²) in [5.74, 6) is 1.45. The molecule has 0 aliphatic carbocycles. The Morgan fingerprint density at radius 3 is 3.03 bits per heavy atom. The molecule has 11 heteroatoms. The predicted molar refractivity (Wildman–Crippen MR) is 123 cm³/mol. The lowest BCUT2D eigenvalue weighted by molar-refractivity contribution is 0.102. The molecule has 166 valence electrons. The number of amides is 1. The third-order valence-electron chi connectivity index (χ3n) is 5.41. The second-order valence-corrected chi connectivity index (χ2v) is 9.09. The zero-order chi connectivity index (χ0) is 22.2. The Hall–Kier alpha value is -2.95. The van der Waals surface area contributed by atoms with Crippen LogP contribution in [0, 0.1) is 5.92 Å². The lowest BCUT2D eigenvalue weighted by atomic mass is 9.96. The van der Waals surface area contributed by atoms with Gasteiger partial charge in [0.1, 0.15) is 0 Å². The summed E-state index contributed by atoms with van der Waals surface area (Å²) in [7, 11) is 0. The van der Waals surface area contributed by atoms with Crippen molar-refractivity contribution in [2.24, 2.45) is 11.7 Å². The van der Waals surface area contributed by atoms with Gasteiger partial charge in [0.2, 0.25) is 11.8 Å². The largest absolute Gasteiger partial charge is 0.454 e. The Morgan fingerprint density at radius 2 is 2.19 bits per heavy atom. The van der Waals surface area contributed by atoms with Gasteiger partial charge in [-0.15, -0.1) is 0 Å². The number of benzene rings is 1. The molecule has 2 aliphatic heterocycles. The van der Waals surface area contributed by atoms with E-state index in [4.69, 9.17) is 26.8 Å². The number of anilines is 2. The van der Waals surface area contributed by atoms with Crippen LogP contribution in [-0.4, -0.2) is 46.2 Å². The number of ether oxygens (including phenoxy) is 2. The van der Waals surface area contributed by atoms with Crippen molar-refractivity contribution >= 4 is 40.4 Å². The first-order valence-corrected chi connectivity index (χ1v) is 11.3. The van der Waals surface area contributed by atoms with Crippen molar-refractivity contribution < 1.29 is 14.3 Å². The van der Waals surface area contributed by atoms with Crippen molar-refractivity contribution in [3.8, 4) is 22.9 Å². The number of fused-ring (bicyclic) bond motifs is 1. The summed E-state index contributed by atoms with van der Waals surface area (Å²) in [6.07, 6.45) is 4.32. The highest BCUT2D eigenvalue weighted by Crippen LogP contribution is 2.44. The number of aromatic nitrogens is 3.